The second-order valence-corrected chi connectivity index (χ2v) is 6.22. The summed E-state index contributed by atoms with van der Waals surface area (Å²) in [6.07, 6.45) is 11.3. The molecule has 1 aromatic rings. The summed E-state index contributed by atoms with van der Waals surface area (Å²) < 4.78 is 10.8. The molecule has 0 aliphatic carbocycles. The van der Waals surface area contributed by atoms with Gasteiger partial charge in [0.2, 0.25) is 0 Å². The maximum absolute atomic E-state index is 12.4. The van der Waals surface area contributed by atoms with Crippen LogP contribution < -0.4 is 4.74 Å². The lowest BCUT2D eigenvalue weighted by Gasteiger charge is -2.12. The second-order valence-electron chi connectivity index (χ2n) is 6.22. The van der Waals surface area contributed by atoms with Crippen LogP contribution in [-0.2, 0) is 9.53 Å². The van der Waals surface area contributed by atoms with Gasteiger partial charge in [0, 0.05) is 18.9 Å². The number of ether oxygens (including phenoxy) is 2. The van der Waals surface area contributed by atoms with Crippen molar-refractivity contribution in [2.45, 2.75) is 45.4 Å². The lowest BCUT2D eigenvalue weighted by atomic mass is 10.0. The summed E-state index contributed by atoms with van der Waals surface area (Å²) in [4.78, 5) is 24.1. The smallest absolute Gasteiger partial charge is 0.342 e. The van der Waals surface area contributed by atoms with Gasteiger partial charge >= 0.3 is 5.97 Å². The Morgan fingerprint density at radius 3 is 2.85 bits per heavy atom. The maximum Gasteiger partial charge on any atom is 0.342 e. The van der Waals surface area contributed by atoms with Gasteiger partial charge in [-0.1, -0.05) is 37.6 Å². The van der Waals surface area contributed by atoms with Gasteiger partial charge < -0.3 is 14.6 Å². The number of allylic oxidation sites excluding steroid dienone is 2. The van der Waals surface area contributed by atoms with Gasteiger partial charge in [-0.25, -0.2) is 4.79 Å². The fourth-order valence-corrected chi connectivity index (χ4v) is 2.60. The molecule has 0 spiro atoms. The van der Waals surface area contributed by atoms with E-state index < -0.39 is 5.97 Å². The Labute approximate surface area is 154 Å². The maximum atomic E-state index is 12.4. The molecule has 1 aromatic carbocycles. The Kier molecular flexibility index (Phi) is 7.93. The highest BCUT2D eigenvalue weighted by Gasteiger charge is 2.18. The topological polar surface area (TPSA) is 72.8 Å². The van der Waals surface area contributed by atoms with Crippen molar-refractivity contribution in [2.75, 3.05) is 13.2 Å². The summed E-state index contributed by atoms with van der Waals surface area (Å²) in [5, 5.41) is 10.3. The van der Waals surface area contributed by atoms with Gasteiger partial charge in [0.25, 0.3) is 0 Å². The highest BCUT2D eigenvalue weighted by molar-refractivity contribution is 5.97. The number of rotatable bonds is 4. The number of phenols is 1. The summed E-state index contributed by atoms with van der Waals surface area (Å²) >= 11 is 0. The highest BCUT2D eigenvalue weighted by atomic mass is 16.5. The molecular weight excluding hydrogens is 332 g/mol. The van der Waals surface area contributed by atoms with Crippen molar-refractivity contribution in [3.05, 3.63) is 41.5 Å². The van der Waals surface area contributed by atoms with E-state index in [1.807, 2.05) is 6.08 Å². The first-order valence-electron chi connectivity index (χ1n) is 9.12. The third-order valence-electron chi connectivity index (χ3n) is 4.04. The van der Waals surface area contributed by atoms with Gasteiger partial charge in [0.15, 0.2) is 0 Å². The number of cyclic esters (lactones) is 1. The van der Waals surface area contributed by atoms with Crippen LogP contribution in [0.4, 0.5) is 0 Å². The highest BCUT2D eigenvalue weighted by Crippen LogP contribution is 2.30. The molecule has 0 saturated carbocycles. The first kappa shape index (κ1) is 19.8. The van der Waals surface area contributed by atoms with Crippen molar-refractivity contribution in [1.29, 1.82) is 0 Å². The number of fused-ring (bicyclic) bond motifs is 1. The van der Waals surface area contributed by atoms with E-state index in [1.165, 1.54) is 6.07 Å². The van der Waals surface area contributed by atoms with E-state index in [9.17, 15) is 14.7 Å². The molecule has 0 atom stereocenters. The molecule has 5 nitrogen and oxygen atoms in total. The van der Waals surface area contributed by atoms with Crippen molar-refractivity contribution in [3.8, 4) is 11.5 Å². The number of hydrogen-bond acceptors (Lipinski definition) is 5. The Balaban J connectivity index is 2.27. The van der Waals surface area contributed by atoms with Gasteiger partial charge in [0.1, 0.15) is 29.5 Å². The minimum atomic E-state index is -0.602. The van der Waals surface area contributed by atoms with E-state index >= 15 is 0 Å². The van der Waals surface area contributed by atoms with E-state index in [0.29, 0.717) is 37.2 Å². The molecule has 2 rings (SSSR count). The molecule has 0 unspecified atom stereocenters. The molecule has 1 aliphatic heterocycles. The van der Waals surface area contributed by atoms with Crippen LogP contribution in [-0.4, -0.2) is 30.1 Å². The Morgan fingerprint density at radius 1 is 1.19 bits per heavy atom. The minimum absolute atomic E-state index is 0.0590. The first-order valence-corrected chi connectivity index (χ1v) is 9.12. The molecule has 1 aliphatic rings. The van der Waals surface area contributed by atoms with Gasteiger partial charge in [0.05, 0.1) is 6.61 Å². The molecule has 0 fully saturated rings. The van der Waals surface area contributed by atoms with Crippen LogP contribution >= 0.6 is 0 Å². The summed E-state index contributed by atoms with van der Waals surface area (Å²) in [5.41, 5.74) is 0.680. The van der Waals surface area contributed by atoms with Gasteiger partial charge in [-0.3, -0.25) is 4.79 Å². The van der Waals surface area contributed by atoms with E-state index in [-0.39, 0.29) is 23.7 Å². The number of esters is 1. The third-order valence-corrected chi connectivity index (χ3v) is 4.04. The van der Waals surface area contributed by atoms with E-state index in [4.69, 9.17) is 9.47 Å². The van der Waals surface area contributed by atoms with Crippen LogP contribution in [0.3, 0.4) is 0 Å². The molecule has 1 N–H and O–H groups in total. The fraction of sp³-hybridized carbons (Fsp3) is 0.429. The van der Waals surface area contributed by atoms with Crippen molar-refractivity contribution in [1.82, 2.24) is 0 Å². The lowest BCUT2D eigenvalue weighted by Crippen LogP contribution is -2.08. The first-order chi connectivity index (χ1) is 12.6. The molecular formula is C21H26O5. The van der Waals surface area contributed by atoms with Crippen LogP contribution in [0.1, 0.15) is 61.4 Å². The summed E-state index contributed by atoms with van der Waals surface area (Å²) in [6.45, 7) is 2.68. The van der Waals surface area contributed by atoms with Crippen molar-refractivity contribution in [3.63, 3.8) is 0 Å². The quantitative estimate of drug-likeness (QED) is 0.489. The number of carbonyl (C=O) groups excluding carboxylic acids is 2. The average Bonchev–Trinajstić information content (AvgIpc) is 2.60. The number of ketones is 1. The Morgan fingerprint density at radius 2 is 2.04 bits per heavy atom. The van der Waals surface area contributed by atoms with Crippen molar-refractivity contribution >= 4 is 17.8 Å². The number of unbranched alkanes of at least 4 members (excludes halogenated alkanes) is 1. The minimum Gasteiger partial charge on any atom is -0.507 e. The van der Waals surface area contributed by atoms with Crippen molar-refractivity contribution in [2.24, 2.45) is 0 Å². The Bertz CT molecular complexity index is 688. The molecule has 0 radical (unpaired) electrons. The number of aromatic hydroxyl groups is 1. The van der Waals surface area contributed by atoms with E-state index in [1.54, 1.807) is 24.3 Å². The largest absolute Gasteiger partial charge is 0.507 e. The summed E-state index contributed by atoms with van der Waals surface area (Å²) in [7, 11) is 0. The average molecular weight is 358 g/mol. The standard InChI is InChI=1S/C21H26O5/c1-2-3-12-25-18-14-16-9-5-4-6-10-17(22)11-7-8-13-26-21(24)20(16)19(23)15-18/h5,7-9,14-15,23H,2-4,6,10-13H2,1H3. The molecule has 0 amide bonds. The molecule has 26 heavy (non-hydrogen) atoms. The van der Waals surface area contributed by atoms with Crippen LogP contribution in [0.2, 0.25) is 0 Å². The normalized spacial score (nSPS) is 15.9. The molecule has 5 heteroatoms. The van der Waals surface area contributed by atoms with Crippen LogP contribution in [0.5, 0.6) is 11.5 Å². The lowest BCUT2D eigenvalue weighted by molar-refractivity contribution is -0.118. The number of hydrogen-bond donors (Lipinski definition) is 1. The fourth-order valence-electron chi connectivity index (χ4n) is 2.60. The second kappa shape index (κ2) is 10.4. The number of phenolic OH excluding ortho intramolecular Hbond substituents is 1. The molecule has 1 heterocycles. The summed E-state index contributed by atoms with van der Waals surface area (Å²) in [6, 6.07) is 3.18. The monoisotopic (exact) mass is 358 g/mol. The van der Waals surface area contributed by atoms with Gasteiger partial charge in [-0.2, -0.15) is 0 Å². The predicted molar refractivity (Wildman–Crippen MR) is 100 cm³/mol. The third kappa shape index (κ3) is 6.06. The number of benzene rings is 1. The predicted octanol–water partition coefficient (Wildman–Crippen LogP) is 4.44. The van der Waals surface area contributed by atoms with Crippen LogP contribution in [0.25, 0.3) is 6.08 Å². The van der Waals surface area contributed by atoms with Crippen LogP contribution in [0.15, 0.2) is 30.4 Å². The molecule has 140 valence electrons. The zero-order valence-corrected chi connectivity index (χ0v) is 15.2. The molecule has 0 saturated heterocycles. The SMILES string of the molecule is CCCCOc1cc(O)c2c(c1)C=CCCCC(=O)CC=CCOC2=O. The zero-order chi connectivity index (χ0) is 18.8. The van der Waals surface area contributed by atoms with Crippen molar-refractivity contribution < 1.29 is 24.2 Å². The number of Topliss-reactive ketones (excluding diaryl/α,β-unsaturated/α-hetero) is 1. The zero-order valence-electron chi connectivity index (χ0n) is 15.2. The number of carbonyl (C=O) groups is 2. The molecule has 0 bridgehead atoms. The van der Waals surface area contributed by atoms with E-state index in [2.05, 4.69) is 6.92 Å². The Hall–Kier alpha value is -2.56. The summed E-state index contributed by atoms with van der Waals surface area (Å²) in [5.74, 6) is -0.0729. The van der Waals surface area contributed by atoms with Gasteiger partial charge in [-0.05, 0) is 30.9 Å². The molecule has 0 aromatic heterocycles. The van der Waals surface area contributed by atoms with E-state index in [0.717, 1.165) is 19.3 Å². The van der Waals surface area contributed by atoms with Gasteiger partial charge in [-0.15, -0.1) is 0 Å². The van der Waals surface area contributed by atoms with Crippen LogP contribution in [0, 0.1) is 0 Å².